The lowest BCUT2D eigenvalue weighted by Gasteiger charge is -2.18. The summed E-state index contributed by atoms with van der Waals surface area (Å²) in [7, 11) is 0. The van der Waals surface area contributed by atoms with E-state index in [1.165, 1.54) is 30.5 Å². The molecule has 1 aromatic heterocycles. The molecule has 1 atom stereocenters. The Hall–Kier alpha value is -2.63. The normalized spacial score (nSPS) is 14.0. The lowest BCUT2D eigenvalue weighted by Crippen LogP contribution is -2.36. The Labute approximate surface area is 208 Å². The van der Waals surface area contributed by atoms with Gasteiger partial charge in [-0.25, -0.2) is 4.98 Å². The van der Waals surface area contributed by atoms with Crippen molar-refractivity contribution in [3.63, 3.8) is 0 Å². The Bertz CT molecular complexity index is 1140. The second kappa shape index (κ2) is 11.2. The standard InChI is InChI=1S/C25H26F6N2O2S/c1-23(32,15-34)22-33-14-21(36-22)17-8-11-20(19(13-17)25(29,30)31)35-12-4-2-3-5-16-6-9-18(10-7-16)24(26,27)28/h6-11,13-14,34H,2-5,12,15,32H2,1H3. The van der Waals surface area contributed by atoms with Crippen molar-refractivity contribution in [1.29, 1.82) is 0 Å². The van der Waals surface area contributed by atoms with Crippen LogP contribution in [0.15, 0.2) is 48.7 Å². The maximum absolute atomic E-state index is 13.7. The molecule has 0 aliphatic carbocycles. The number of thiazole rings is 1. The van der Waals surface area contributed by atoms with E-state index in [2.05, 4.69) is 4.98 Å². The van der Waals surface area contributed by atoms with E-state index in [4.69, 9.17) is 10.5 Å². The topological polar surface area (TPSA) is 68.4 Å². The molecule has 36 heavy (non-hydrogen) atoms. The second-order valence-electron chi connectivity index (χ2n) is 8.67. The number of hydrogen-bond donors (Lipinski definition) is 2. The minimum absolute atomic E-state index is 0.0716. The van der Waals surface area contributed by atoms with Crippen LogP contribution >= 0.6 is 11.3 Å². The van der Waals surface area contributed by atoms with Crippen molar-refractivity contribution >= 4 is 11.3 Å². The van der Waals surface area contributed by atoms with E-state index < -0.39 is 29.0 Å². The Morgan fingerprint density at radius 2 is 1.64 bits per heavy atom. The van der Waals surface area contributed by atoms with Gasteiger partial charge in [-0.15, -0.1) is 11.3 Å². The molecular weight excluding hydrogens is 506 g/mol. The molecule has 3 aromatic rings. The third-order valence-electron chi connectivity index (χ3n) is 5.54. The lowest BCUT2D eigenvalue weighted by atomic mass is 10.1. The summed E-state index contributed by atoms with van der Waals surface area (Å²) in [6.45, 7) is 1.30. The molecule has 0 saturated carbocycles. The maximum Gasteiger partial charge on any atom is 0.419 e. The zero-order chi connectivity index (χ0) is 26.6. The first-order valence-corrected chi connectivity index (χ1v) is 12.0. The molecule has 3 N–H and O–H groups in total. The van der Waals surface area contributed by atoms with Gasteiger partial charge in [0.1, 0.15) is 10.8 Å². The summed E-state index contributed by atoms with van der Waals surface area (Å²) in [6.07, 6.45) is -5.21. The predicted octanol–water partition coefficient (Wildman–Crippen LogP) is 6.81. The van der Waals surface area contributed by atoms with E-state index in [1.54, 1.807) is 6.92 Å². The smallest absolute Gasteiger partial charge is 0.419 e. The fourth-order valence-electron chi connectivity index (χ4n) is 3.42. The zero-order valence-electron chi connectivity index (χ0n) is 19.4. The van der Waals surface area contributed by atoms with Gasteiger partial charge in [-0.05, 0) is 74.1 Å². The van der Waals surface area contributed by atoms with Crippen molar-refractivity contribution in [2.45, 2.75) is 50.5 Å². The van der Waals surface area contributed by atoms with E-state index in [1.807, 2.05) is 0 Å². The molecule has 0 aliphatic heterocycles. The largest absolute Gasteiger partial charge is 0.493 e. The van der Waals surface area contributed by atoms with Crippen LogP contribution in [0.1, 0.15) is 47.9 Å². The number of aliphatic hydroxyl groups is 1. The van der Waals surface area contributed by atoms with Crippen LogP contribution < -0.4 is 10.5 Å². The van der Waals surface area contributed by atoms with Crippen LogP contribution in [0, 0.1) is 0 Å². The van der Waals surface area contributed by atoms with Crippen molar-refractivity contribution in [2.75, 3.05) is 13.2 Å². The molecule has 0 spiro atoms. The van der Waals surface area contributed by atoms with Gasteiger partial charge in [0.15, 0.2) is 0 Å². The van der Waals surface area contributed by atoms with Gasteiger partial charge >= 0.3 is 12.4 Å². The molecule has 11 heteroatoms. The van der Waals surface area contributed by atoms with Crippen molar-refractivity contribution in [1.82, 2.24) is 4.98 Å². The number of ether oxygens (including phenoxy) is 1. The summed E-state index contributed by atoms with van der Waals surface area (Å²) in [5.74, 6) is -0.280. The summed E-state index contributed by atoms with van der Waals surface area (Å²) < 4.78 is 84.4. The number of aromatic nitrogens is 1. The molecule has 4 nitrogen and oxygen atoms in total. The zero-order valence-corrected chi connectivity index (χ0v) is 20.2. The third kappa shape index (κ3) is 7.21. The number of unbranched alkanes of at least 4 members (excludes halogenated alkanes) is 2. The quantitative estimate of drug-likeness (QED) is 0.223. The fraction of sp³-hybridized carbons (Fsp3) is 0.400. The molecular formula is C25H26F6N2O2S. The molecule has 0 amide bonds. The lowest BCUT2D eigenvalue weighted by molar-refractivity contribution is -0.139. The summed E-state index contributed by atoms with van der Waals surface area (Å²) in [4.78, 5) is 4.62. The van der Waals surface area contributed by atoms with Crippen molar-refractivity contribution in [2.24, 2.45) is 5.73 Å². The van der Waals surface area contributed by atoms with Gasteiger partial charge in [-0.1, -0.05) is 12.1 Å². The van der Waals surface area contributed by atoms with E-state index >= 15 is 0 Å². The Morgan fingerprint density at radius 1 is 0.944 bits per heavy atom. The van der Waals surface area contributed by atoms with Gasteiger partial charge in [0, 0.05) is 6.20 Å². The summed E-state index contributed by atoms with van der Waals surface area (Å²) >= 11 is 1.11. The number of nitrogens with two attached hydrogens (primary N) is 1. The first-order valence-electron chi connectivity index (χ1n) is 11.2. The second-order valence-corrected chi connectivity index (χ2v) is 9.70. The maximum atomic E-state index is 13.7. The van der Waals surface area contributed by atoms with Crippen LogP contribution in [-0.2, 0) is 24.3 Å². The van der Waals surface area contributed by atoms with Crippen molar-refractivity contribution < 1.29 is 36.2 Å². The van der Waals surface area contributed by atoms with E-state index in [9.17, 15) is 31.4 Å². The minimum Gasteiger partial charge on any atom is -0.493 e. The number of halogens is 6. The van der Waals surface area contributed by atoms with Gasteiger partial charge in [-0.3, -0.25) is 0 Å². The Balaban J connectivity index is 1.57. The van der Waals surface area contributed by atoms with Gasteiger partial charge in [0.25, 0.3) is 0 Å². The highest BCUT2D eigenvalue weighted by molar-refractivity contribution is 7.15. The van der Waals surface area contributed by atoms with Crippen LogP contribution in [0.4, 0.5) is 26.3 Å². The molecule has 2 aromatic carbocycles. The Kier molecular flexibility index (Phi) is 8.68. The molecule has 1 heterocycles. The monoisotopic (exact) mass is 532 g/mol. The first-order chi connectivity index (χ1) is 16.8. The van der Waals surface area contributed by atoms with Crippen LogP contribution in [0.3, 0.4) is 0 Å². The number of rotatable bonds is 10. The number of benzene rings is 2. The van der Waals surface area contributed by atoms with Crippen LogP contribution in [-0.4, -0.2) is 23.3 Å². The predicted molar refractivity (Wildman–Crippen MR) is 126 cm³/mol. The van der Waals surface area contributed by atoms with Crippen molar-refractivity contribution in [3.05, 3.63) is 70.4 Å². The average Bonchev–Trinajstić information content (AvgIpc) is 3.32. The van der Waals surface area contributed by atoms with Crippen molar-refractivity contribution in [3.8, 4) is 16.2 Å². The Morgan fingerprint density at radius 3 is 2.25 bits per heavy atom. The molecule has 1 unspecified atom stereocenters. The van der Waals surface area contributed by atoms with Crippen LogP contribution in [0.2, 0.25) is 0 Å². The van der Waals surface area contributed by atoms with E-state index in [0.29, 0.717) is 41.1 Å². The van der Waals surface area contributed by atoms with Gasteiger partial charge in [-0.2, -0.15) is 26.3 Å². The first kappa shape index (κ1) is 27.9. The molecule has 3 rings (SSSR count). The summed E-state index contributed by atoms with van der Waals surface area (Å²) in [5, 5.41) is 9.79. The third-order valence-corrected chi connectivity index (χ3v) is 6.87. The molecule has 0 radical (unpaired) electrons. The molecule has 0 fully saturated rings. The van der Waals surface area contributed by atoms with Gasteiger partial charge < -0.3 is 15.6 Å². The number of hydrogen-bond acceptors (Lipinski definition) is 5. The van der Waals surface area contributed by atoms with E-state index in [0.717, 1.165) is 35.1 Å². The molecule has 0 saturated heterocycles. The highest BCUT2D eigenvalue weighted by atomic mass is 32.1. The highest BCUT2D eigenvalue weighted by Crippen LogP contribution is 2.40. The minimum atomic E-state index is -4.63. The number of aliphatic hydroxyl groups excluding tert-OH is 1. The highest BCUT2D eigenvalue weighted by Gasteiger charge is 2.35. The average molecular weight is 533 g/mol. The molecule has 0 bridgehead atoms. The number of alkyl halides is 6. The summed E-state index contributed by atoms with van der Waals surface area (Å²) in [6, 6.07) is 8.72. The van der Waals surface area contributed by atoms with E-state index in [-0.39, 0.29) is 19.0 Å². The number of aryl methyl sites for hydroxylation is 1. The molecule has 0 aliphatic rings. The number of nitrogens with zero attached hydrogens (tertiary/aromatic N) is 1. The van der Waals surface area contributed by atoms with Gasteiger partial charge in [0.2, 0.25) is 0 Å². The van der Waals surface area contributed by atoms with Gasteiger partial charge in [0.05, 0.1) is 34.8 Å². The van der Waals surface area contributed by atoms with Crippen LogP contribution in [0.25, 0.3) is 10.4 Å². The molecule has 196 valence electrons. The fourth-order valence-corrected chi connectivity index (χ4v) is 4.38. The SMILES string of the molecule is CC(N)(CO)c1ncc(-c2ccc(OCCCCCc3ccc(C(F)(F)F)cc3)c(C(F)(F)F)c2)s1. The summed E-state index contributed by atoms with van der Waals surface area (Å²) in [5.41, 5.74) is 4.32. The van der Waals surface area contributed by atoms with Crippen LogP contribution in [0.5, 0.6) is 5.75 Å².